The van der Waals surface area contributed by atoms with E-state index in [1.54, 1.807) is 7.05 Å². The second-order valence-electron chi connectivity index (χ2n) is 4.06. The lowest BCUT2D eigenvalue weighted by molar-refractivity contribution is 0.0600. The zero-order valence-corrected chi connectivity index (χ0v) is 12.0. The van der Waals surface area contributed by atoms with E-state index in [1.807, 2.05) is 6.92 Å². The zero-order valence-electron chi connectivity index (χ0n) is 11.1. The maximum absolute atomic E-state index is 11.9. The first-order valence-electron chi connectivity index (χ1n) is 5.76. The van der Waals surface area contributed by atoms with Crippen molar-refractivity contribution in [3.8, 4) is 0 Å². The van der Waals surface area contributed by atoms with E-state index >= 15 is 0 Å². The molecule has 1 atom stereocenters. The van der Waals surface area contributed by atoms with E-state index in [-0.39, 0.29) is 17.5 Å². The molecule has 0 aliphatic heterocycles. The van der Waals surface area contributed by atoms with Gasteiger partial charge in [-0.05, 0) is 38.2 Å². The van der Waals surface area contributed by atoms with Gasteiger partial charge in [-0.1, -0.05) is 0 Å². The fourth-order valence-corrected chi connectivity index (χ4v) is 2.44. The van der Waals surface area contributed by atoms with E-state index in [2.05, 4.69) is 14.8 Å². The third-order valence-corrected chi connectivity index (χ3v) is 4.10. The maximum atomic E-state index is 11.9. The maximum Gasteiger partial charge on any atom is 0.337 e. The van der Waals surface area contributed by atoms with Crippen molar-refractivity contribution in [3.05, 3.63) is 29.8 Å². The van der Waals surface area contributed by atoms with E-state index in [0.717, 1.165) is 0 Å². The van der Waals surface area contributed by atoms with Crippen LogP contribution in [-0.2, 0) is 14.8 Å². The summed E-state index contributed by atoms with van der Waals surface area (Å²) in [5.41, 5.74) is 0.310. The van der Waals surface area contributed by atoms with Crippen LogP contribution >= 0.6 is 0 Å². The Balaban J connectivity index is 2.82. The van der Waals surface area contributed by atoms with E-state index in [4.69, 9.17) is 0 Å². The van der Waals surface area contributed by atoms with Crippen molar-refractivity contribution < 1.29 is 17.9 Å². The molecule has 2 N–H and O–H groups in total. The number of rotatable bonds is 6. The molecule has 0 radical (unpaired) electrons. The van der Waals surface area contributed by atoms with Crippen LogP contribution < -0.4 is 10.0 Å². The van der Waals surface area contributed by atoms with E-state index in [0.29, 0.717) is 5.56 Å². The summed E-state index contributed by atoms with van der Waals surface area (Å²) in [5, 5.41) is 2.93. The molecule has 0 aromatic heterocycles. The molecule has 1 aromatic carbocycles. The molecule has 0 aliphatic rings. The third kappa shape index (κ3) is 4.30. The van der Waals surface area contributed by atoms with Gasteiger partial charge in [-0.3, -0.25) is 0 Å². The van der Waals surface area contributed by atoms with E-state index < -0.39 is 16.0 Å². The molecule has 106 valence electrons. The number of carbonyl (C=O) groups excluding carboxylic acids is 1. The number of hydrogen-bond acceptors (Lipinski definition) is 5. The number of likely N-dealkylation sites (N-methyl/N-ethyl adjacent to an activating group) is 1. The first-order valence-corrected chi connectivity index (χ1v) is 7.24. The lowest BCUT2D eigenvalue weighted by Crippen LogP contribution is -2.37. The summed E-state index contributed by atoms with van der Waals surface area (Å²) in [6.07, 6.45) is 0. The van der Waals surface area contributed by atoms with E-state index in [9.17, 15) is 13.2 Å². The van der Waals surface area contributed by atoms with Crippen molar-refractivity contribution in [1.82, 2.24) is 10.0 Å². The average molecular weight is 286 g/mol. The molecule has 7 heteroatoms. The smallest absolute Gasteiger partial charge is 0.337 e. The molecule has 0 bridgehead atoms. The van der Waals surface area contributed by atoms with Crippen LogP contribution in [0.15, 0.2) is 29.2 Å². The number of benzene rings is 1. The minimum atomic E-state index is -3.56. The zero-order chi connectivity index (χ0) is 14.5. The van der Waals surface area contributed by atoms with Crippen molar-refractivity contribution in [2.45, 2.75) is 17.9 Å². The highest BCUT2D eigenvalue weighted by Gasteiger charge is 2.15. The predicted octanol–water partition coefficient (Wildman–Crippen LogP) is 0.359. The van der Waals surface area contributed by atoms with Crippen LogP contribution in [-0.4, -0.2) is 41.1 Å². The first-order chi connectivity index (χ1) is 8.90. The van der Waals surface area contributed by atoms with E-state index in [1.165, 1.54) is 31.4 Å². The molecule has 1 rings (SSSR count). The molecule has 0 fully saturated rings. The molecule has 0 spiro atoms. The summed E-state index contributed by atoms with van der Waals surface area (Å²) < 4.78 is 30.9. The topological polar surface area (TPSA) is 84.5 Å². The van der Waals surface area contributed by atoms with Gasteiger partial charge in [-0.2, -0.15) is 0 Å². The van der Waals surface area contributed by atoms with Gasteiger partial charge in [0.15, 0.2) is 0 Å². The first kappa shape index (κ1) is 15.6. The monoisotopic (exact) mass is 286 g/mol. The SMILES string of the molecule is CNC(C)CNS(=O)(=O)c1ccc(C(=O)OC)cc1. The largest absolute Gasteiger partial charge is 0.465 e. The minimum absolute atomic E-state index is 0.0316. The number of carbonyl (C=O) groups is 1. The van der Waals surface area contributed by atoms with Crippen LogP contribution in [0, 0.1) is 0 Å². The minimum Gasteiger partial charge on any atom is -0.465 e. The molecule has 19 heavy (non-hydrogen) atoms. The number of hydrogen-bond donors (Lipinski definition) is 2. The molecule has 0 saturated heterocycles. The van der Waals surface area contributed by atoms with Gasteiger partial charge in [0.05, 0.1) is 17.6 Å². The van der Waals surface area contributed by atoms with Crippen LogP contribution in [0.1, 0.15) is 17.3 Å². The highest BCUT2D eigenvalue weighted by Crippen LogP contribution is 2.11. The summed E-state index contributed by atoms with van der Waals surface area (Å²) in [5.74, 6) is -0.499. The Hall–Kier alpha value is -1.44. The highest BCUT2D eigenvalue weighted by atomic mass is 32.2. The summed E-state index contributed by atoms with van der Waals surface area (Å²) in [4.78, 5) is 11.3. The Morgan fingerprint density at radius 3 is 2.37 bits per heavy atom. The second-order valence-corrected chi connectivity index (χ2v) is 5.82. The molecule has 6 nitrogen and oxygen atoms in total. The number of sulfonamides is 1. The van der Waals surface area contributed by atoms with Crippen molar-refractivity contribution >= 4 is 16.0 Å². The normalized spacial score (nSPS) is 13.0. The molecule has 0 amide bonds. The molecular formula is C12H18N2O4S. The van der Waals surface area contributed by atoms with Crippen molar-refractivity contribution in [1.29, 1.82) is 0 Å². The van der Waals surface area contributed by atoms with Gasteiger partial charge in [-0.25, -0.2) is 17.9 Å². The molecule has 0 saturated carbocycles. The number of esters is 1. The van der Waals surface area contributed by atoms with Crippen LogP contribution in [0.5, 0.6) is 0 Å². The number of ether oxygens (including phenoxy) is 1. The Bertz CT molecular complexity index is 525. The number of methoxy groups -OCH3 is 1. The van der Waals surface area contributed by atoms with Gasteiger partial charge in [0.1, 0.15) is 0 Å². The van der Waals surface area contributed by atoms with Gasteiger partial charge in [0.25, 0.3) is 0 Å². The third-order valence-electron chi connectivity index (χ3n) is 2.66. The van der Waals surface area contributed by atoms with Gasteiger partial charge < -0.3 is 10.1 Å². The standard InChI is InChI=1S/C12H18N2O4S/c1-9(13-2)8-14-19(16,17)11-6-4-10(5-7-11)12(15)18-3/h4-7,9,13-14H,8H2,1-3H3. The lowest BCUT2D eigenvalue weighted by Gasteiger charge is -2.12. The summed E-state index contributed by atoms with van der Waals surface area (Å²) in [6.45, 7) is 2.15. The van der Waals surface area contributed by atoms with Gasteiger partial charge in [-0.15, -0.1) is 0 Å². The summed E-state index contributed by atoms with van der Waals surface area (Å²) in [7, 11) is -0.531. The van der Waals surface area contributed by atoms with Crippen molar-refractivity contribution in [3.63, 3.8) is 0 Å². The molecule has 1 unspecified atom stereocenters. The second kappa shape index (κ2) is 6.65. The van der Waals surface area contributed by atoms with Gasteiger partial charge in [0, 0.05) is 12.6 Å². The fraction of sp³-hybridized carbons (Fsp3) is 0.417. The average Bonchev–Trinajstić information content (AvgIpc) is 2.44. The fourth-order valence-electron chi connectivity index (χ4n) is 1.31. The summed E-state index contributed by atoms with van der Waals surface area (Å²) >= 11 is 0. The van der Waals surface area contributed by atoms with Crippen molar-refractivity contribution in [2.75, 3.05) is 20.7 Å². The molecule has 1 aromatic rings. The Morgan fingerprint density at radius 1 is 1.32 bits per heavy atom. The Morgan fingerprint density at radius 2 is 1.89 bits per heavy atom. The Labute approximate surface area is 113 Å². The summed E-state index contributed by atoms with van der Waals surface area (Å²) in [6, 6.07) is 5.62. The van der Waals surface area contributed by atoms with Gasteiger partial charge >= 0.3 is 5.97 Å². The Kier molecular flexibility index (Phi) is 5.46. The highest BCUT2D eigenvalue weighted by molar-refractivity contribution is 7.89. The van der Waals surface area contributed by atoms with Crippen LogP contribution in [0.4, 0.5) is 0 Å². The lowest BCUT2D eigenvalue weighted by atomic mass is 10.2. The quantitative estimate of drug-likeness (QED) is 0.738. The van der Waals surface area contributed by atoms with Crippen LogP contribution in [0.2, 0.25) is 0 Å². The predicted molar refractivity (Wildman–Crippen MR) is 71.5 cm³/mol. The molecule has 0 heterocycles. The van der Waals surface area contributed by atoms with Crippen molar-refractivity contribution in [2.24, 2.45) is 0 Å². The number of nitrogens with one attached hydrogen (secondary N) is 2. The van der Waals surface area contributed by atoms with Gasteiger partial charge in [0.2, 0.25) is 10.0 Å². The van der Waals surface area contributed by atoms with Crippen LogP contribution in [0.25, 0.3) is 0 Å². The van der Waals surface area contributed by atoms with Crippen LogP contribution in [0.3, 0.4) is 0 Å². The molecule has 0 aliphatic carbocycles. The molecular weight excluding hydrogens is 268 g/mol.